The molecule has 144 valence electrons. The summed E-state index contributed by atoms with van der Waals surface area (Å²) in [6, 6.07) is 0. The zero-order chi connectivity index (χ0) is 18.3. The van der Waals surface area contributed by atoms with E-state index in [4.69, 9.17) is 9.29 Å². The number of carbonyl (C=O) groups is 1. The second-order valence-electron chi connectivity index (χ2n) is 6.51. The van der Waals surface area contributed by atoms with Gasteiger partial charge in [-0.1, -0.05) is 78.1 Å². The Balaban J connectivity index is 3.81. The van der Waals surface area contributed by atoms with Crippen molar-refractivity contribution in [2.24, 2.45) is 0 Å². The van der Waals surface area contributed by atoms with Crippen LogP contribution in [0.3, 0.4) is 0 Å². The Hall–Kier alpha value is -0.620. The third-order valence-electron chi connectivity index (χ3n) is 4.12. The molecule has 0 heterocycles. The zero-order valence-corrected chi connectivity index (χ0v) is 16.3. The normalized spacial score (nSPS) is 13.0. The number of rotatable bonds is 16. The maximum Gasteiger partial charge on any atom is 0.307 e. The lowest BCUT2D eigenvalue weighted by atomic mass is 10.1. The van der Waals surface area contributed by atoms with Crippen molar-refractivity contribution in [2.45, 2.75) is 109 Å². The van der Waals surface area contributed by atoms with Crippen molar-refractivity contribution in [1.82, 2.24) is 0 Å². The topological polar surface area (TPSA) is 80.7 Å². The Kier molecular flexibility index (Phi) is 14.3. The van der Waals surface area contributed by atoms with Crippen molar-refractivity contribution in [3.63, 3.8) is 0 Å². The fourth-order valence-electron chi connectivity index (χ4n) is 2.62. The van der Waals surface area contributed by atoms with Gasteiger partial charge in [-0.15, -0.1) is 0 Å². The fraction of sp³-hybridized carbons (Fsp3) is 0.944. The van der Waals surface area contributed by atoms with Gasteiger partial charge in [0.25, 0.3) is 0 Å². The van der Waals surface area contributed by atoms with Crippen molar-refractivity contribution in [3.8, 4) is 0 Å². The van der Waals surface area contributed by atoms with Crippen molar-refractivity contribution >= 4 is 16.1 Å². The molecule has 0 saturated heterocycles. The average molecular weight is 365 g/mol. The predicted molar refractivity (Wildman–Crippen MR) is 97.4 cm³/mol. The molecule has 0 fully saturated rings. The van der Waals surface area contributed by atoms with Gasteiger partial charge < -0.3 is 4.74 Å². The van der Waals surface area contributed by atoms with Gasteiger partial charge in [0.15, 0.2) is 0 Å². The van der Waals surface area contributed by atoms with Crippen LogP contribution >= 0.6 is 0 Å². The molecule has 0 aliphatic heterocycles. The van der Waals surface area contributed by atoms with E-state index in [9.17, 15) is 13.2 Å². The van der Waals surface area contributed by atoms with Crippen LogP contribution in [0.5, 0.6) is 0 Å². The number of unbranched alkanes of at least 4 members (excludes halogenated alkanes) is 10. The van der Waals surface area contributed by atoms with Gasteiger partial charge in [-0.3, -0.25) is 9.35 Å². The van der Waals surface area contributed by atoms with Gasteiger partial charge in [0.2, 0.25) is 5.44 Å². The maximum absolute atomic E-state index is 11.7. The van der Waals surface area contributed by atoms with Crippen molar-refractivity contribution < 1.29 is 22.5 Å². The Bertz CT molecular complexity index is 406. The molecule has 1 unspecified atom stereocenters. The molecular formula is C18H36O5S. The lowest BCUT2D eigenvalue weighted by Crippen LogP contribution is -2.27. The van der Waals surface area contributed by atoms with Crippen LogP contribution in [0, 0.1) is 0 Å². The molecule has 5 nitrogen and oxygen atoms in total. The Labute approximate surface area is 148 Å². The predicted octanol–water partition coefficient (Wildman–Crippen LogP) is 5.24. The highest BCUT2D eigenvalue weighted by Crippen LogP contribution is 2.15. The average Bonchev–Trinajstić information content (AvgIpc) is 2.51. The number of hydrogen-bond acceptors (Lipinski definition) is 4. The molecule has 0 spiro atoms. The summed E-state index contributed by atoms with van der Waals surface area (Å²) in [5, 5.41) is 0. The van der Waals surface area contributed by atoms with Gasteiger partial charge in [0.1, 0.15) is 0 Å². The molecule has 6 heteroatoms. The van der Waals surface area contributed by atoms with E-state index in [1.807, 2.05) is 6.92 Å². The third-order valence-corrected chi connectivity index (χ3v) is 5.12. The quantitative estimate of drug-likeness (QED) is 0.230. The summed E-state index contributed by atoms with van der Waals surface area (Å²) >= 11 is 0. The van der Waals surface area contributed by atoms with E-state index >= 15 is 0 Å². The molecule has 0 aromatic heterocycles. The molecule has 0 bridgehead atoms. The highest BCUT2D eigenvalue weighted by molar-refractivity contribution is 7.86. The van der Waals surface area contributed by atoms with E-state index in [2.05, 4.69) is 6.92 Å². The molecule has 0 amide bonds. The van der Waals surface area contributed by atoms with Crippen LogP contribution in [-0.4, -0.2) is 24.4 Å². The minimum absolute atomic E-state index is 0.163. The Morgan fingerprint density at radius 2 is 1.29 bits per heavy atom. The molecule has 0 aliphatic rings. The molecule has 0 aromatic carbocycles. The van der Waals surface area contributed by atoms with Crippen molar-refractivity contribution in [1.29, 1.82) is 0 Å². The van der Waals surface area contributed by atoms with Crippen LogP contribution in [0.15, 0.2) is 0 Å². The summed E-state index contributed by atoms with van der Waals surface area (Å²) in [4.78, 5) is 11.7. The van der Waals surface area contributed by atoms with E-state index < -0.39 is 21.5 Å². The van der Waals surface area contributed by atoms with Gasteiger partial charge in [-0.2, -0.15) is 8.42 Å². The van der Waals surface area contributed by atoms with Gasteiger partial charge in [-0.25, -0.2) is 0 Å². The molecule has 0 saturated carbocycles. The van der Waals surface area contributed by atoms with Gasteiger partial charge in [0, 0.05) is 12.8 Å². The summed E-state index contributed by atoms with van der Waals surface area (Å²) in [6.07, 6.45) is 13.1. The smallest absolute Gasteiger partial charge is 0.307 e. The fourth-order valence-corrected chi connectivity index (χ4v) is 3.31. The number of ether oxygens (including phenoxy) is 1. The molecular weight excluding hydrogens is 328 g/mol. The van der Waals surface area contributed by atoms with Crippen LogP contribution in [0.25, 0.3) is 0 Å². The lowest BCUT2D eigenvalue weighted by Gasteiger charge is -2.14. The van der Waals surface area contributed by atoms with E-state index in [1.165, 1.54) is 38.5 Å². The molecule has 1 atom stereocenters. The number of esters is 1. The van der Waals surface area contributed by atoms with Crippen molar-refractivity contribution in [3.05, 3.63) is 0 Å². The Morgan fingerprint density at radius 3 is 1.79 bits per heavy atom. The molecule has 24 heavy (non-hydrogen) atoms. The lowest BCUT2D eigenvalue weighted by molar-refractivity contribution is -0.146. The summed E-state index contributed by atoms with van der Waals surface area (Å²) < 4.78 is 36.6. The summed E-state index contributed by atoms with van der Waals surface area (Å²) in [5.41, 5.74) is -1.41. The molecule has 1 N–H and O–H groups in total. The highest BCUT2D eigenvalue weighted by Gasteiger charge is 2.26. The number of hydrogen-bond donors (Lipinski definition) is 1. The largest absolute Gasteiger partial charge is 0.443 e. The van der Waals surface area contributed by atoms with Gasteiger partial charge in [-0.05, 0) is 12.8 Å². The van der Waals surface area contributed by atoms with Gasteiger partial charge in [0.05, 0.1) is 0 Å². The van der Waals surface area contributed by atoms with Crippen molar-refractivity contribution in [2.75, 3.05) is 0 Å². The van der Waals surface area contributed by atoms with Crippen LogP contribution in [0.4, 0.5) is 0 Å². The maximum atomic E-state index is 11.7. The first-order chi connectivity index (χ1) is 11.4. The van der Waals surface area contributed by atoms with E-state index in [0.29, 0.717) is 12.8 Å². The SMILES string of the molecule is CCCCCCCCCCCC(=O)OC(CCCCC)S(=O)(=O)O. The second kappa shape index (κ2) is 14.7. The monoisotopic (exact) mass is 364 g/mol. The molecule has 0 aliphatic carbocycles. The van der Waals surface area contributed by atoms with Crippen LogP contribution in [0.1, 0.15) is 104 Å². The summed E-state index contributed by atoms with van der Waals surface area (Å²) in [6.45, 7) is 4.20. The minimum Gasteiger partial charge on any atom is -0.443 e. The highest BCUT2D eigenvalue weighted by atomic mass is 32.2. The summed E-state index contributed by atoms with van der Waals surface area (Å²) in [7, 11) is -4.33. The first kappa shape index (κ1) is 23.4. The first-order valence-corrected chi connectivity index (χ1v) is 11.1. The summed E-state index contributed by atoms with van der Waals surface area (Å²) in [5.74, 6) is -0.530. The van der Waals surface area contributed by atoms with Crippen LogP contribution < -0.4 is 0 Å². The molecule has 0 radical (unpaired) electrons. The zero-order valence-electron chi connectivity index (χ0n) is 15.5. The van der Waals surface area contributed by atoms with Gasteiger partial charge >= 0.3 is 16.1 Å². The molecule has 0 aromatic rings. The second-order valence-corrected chi connectivity index (χ2v) is 8.06. The van der Waals surface area contributed by atoms with Crippen LogP contribution in [0.2, 0.25) is 0 Å². The van der Waals surface area contributed by atoms with Crippen LogP contribution in [-0.2, 0) is 19.6 Å². The minimum atomic E-state index is -4.33. The molecule has 0 rings (SSSR count). The first-order valence-electron chi connectivity index (χ1n) is 9.57. The standard InChI is InChI=1S/C18H36O5S/c1-3-5-7-8-9-10-11-12-14-15-17(19)23-18(24(20,21)22)16-13-6-4-2/h18H,3-16H2,1-2H3,(H,20,21,22). The van der Waals surface area contributed by atoms with E-state index in [1.54, 1.807) is 0 Å². The van der Waals surface area contributed by atoms with E-state index in [-0.39, 0.29) is 12.8 Å². The Morgan fingerprint density at radius 1 is 0.833 bits per heavy atom. The van der Waals surface area contributed by atoms with E-state index in [0.717, 1.165) is 25.7 Å². The third kappa shape index (κ3) is 13.8. The number of carbonyl (C=O) groups excluding carboxylic acids is 1.